The molecule has 0 aliphatic carbocycles. The molecule has 0 aliphatic heterocycles. The molecule has 18 heavy (non-hydrogen) atoms. The molecule has 0 amide bonds. The fourth-order valence-corrected chi connectivity index (χ4v) is 4.20. The van der Waals surface area contributed by atoms with Crippen molar-refractivity contribution in [2.45, 2.75) is 24.0 Å². The van der Waals surface area contributed by atoms with E-state index >= 15 is 0 Å². The summed E-state index contributed by atoms with van der Waals surface area (Å²) in [4.78, 5) is 2.67. The average Bonchev–Trinajstić information content (AvgIpc) is 2.81. The number of nitrogens with one attached hydrogen (secondary N) is 1. The molecule has 0 unspecified atom stereocenters. The van der Waals surface area contributed by atoms with E-state index in [2.05, 4.69) is 30.4 Å². The molecule has 0 bridgehead atoms. The Labute approximate surface area is 122 Å². The van der Waals surface area contributed by atoms with Gasteiger partial charge in [-0.2, -0.15) is 0 Å². The molecule has 1 heterocycles. The second-order valence-electron chi connectivity index (χ2n) is 3.92. The molecule has 1 aromatic carbocycles. The van der Waals surface area contributed by atoms with Gasteiger partial charge in [0.15, 0.2) is 0 Å². The predicted molar refractivity (Wildman–Crippen MR) is 84.3 cm³/mol. The van der Waals surface area contributed by atoms with E-state index in [1.165, 1.54) is 21.0 Å². The topological polar surface area (TPSA) is 12.0 Å². The van der Waals surface area contributed by atoms with Crippen LogP contribution >= 0.6 is 34.7 Å². The van der Waals surface area contributed by atoms with E-state index in [1.54, 1.807) is 11.3 Å². The number of hydrogen-bond donors (Lipinski definition) is 1. The number of benzene rings is 1. The van der Waals surface area contributed by atoms with Gasteiger partial charge in [0.25, 0.3) is 0 Å². The first-order chi connectivity index (χ1) is 8.74. The van der Waals surface area contributed by atoms with Crippen molar-refractivity contribution >= 4 is 40.4 Å². The number of halogens is 1. The van der Waals surface area contributed by atoms with Gasteiger partial charge in [-0.05, 0) is 24.1 Å². The Kier molecular flexibility index (Phi) is 4.98. The summed E-state index contributed by atoms with van der Waals surface area (Å²) < 4.78 is 0. The number of anilines is 1. The van der Waals surface area contributed by atoms with Gasteiger partial charge in [-0.1, -0.05) is 30.7 Å². The number of thioether (sulfide) groups is 1. The van der Waals surface area contributed by atoms with E-state index in [4.69, 9.17) is 11.6 Å². The van der Waals surface area contributed by atoms with Crippen LogP contribution < -0.4 is 5.32 Å². The SMILES string of the molecule is CCc1cccc(NC)c1SCc1cc(Cl)cs1. The van der Waals surface area contributed by atoms with Crippen LogP contribution in [-0.4, -0.2) is 7.05 Å². The highest BCUT2D eigenvalue weighted by Crippen LogP contribution is 2.35. The first-order valence-corrected chi connectivity index (χ1v) is 8.14. The number of thiophene rings is 1. The Morgan fingerprint density at radius 2 is 2.22 bits per heavy atom. The number of rotatable bonds is 5. The molecule has 0 spiro atoms. The maximum absolute atomic E-state index is 5.95. The molecule has 0 saturated carbocycles. The van der Waals surface area contributed by atoms with Gasteiger partial charge in [-0.25, -0.2) is 0 Å². The maximum Gasteiger partial charge on any atom is 0.0516 e. The van der Waals surface area contributed by atoms with Gasteiger partial charge in [0.2, 0.25) is 0 Å². The summed E-state index contributed by atoms with van der Waals surface area (Å²) >= 11 is 9.55. The fraction of sp³-hybridized carbons (Fsp3) is 0.286. The van der Waals surface area contributed by atoms with E-state index < -0.39 is 0 Å². The van der Waals surface area contributed by atoms with E-state index in [1.807, 2.05) is 30.3 Å². The zero-order chi connectivity index (χ0) is 13.0. The van der Waals surface area contributed by atoms with Gasteiger partial charge in [-0.15, -0.1) is 23.1 Å². The van der Waals surface area contributed by atoms with Gasteiger partial charge in [0.1, 0.15) is 0 Å². The monoisotopic (exact) mass is 297 g/mol. The Morgan fingerprint density at radius 1 is 1.39 bits per heavy atom. The molecule has 1 N–H and O–H groups in total. The summed E-state index contributed by atoms with van der Waals surface area (Å²) in [5.74, 6) is 0.975. The van der Waals surface area contributed by atoms with Crippen LogP contribution in [0.5, 0.6) is 0 Å². The summed E-state index contributed by atoms with van der Waals surface area (Å²) in [5, 5.41) is 6.10. The van der Waals surface area contributed by atoms with Crippen LogP contribution in [0.15, 0.2) is 34.5 Å². The van der Waals surface area contributed by atoms with Gasteiger partial charge >= 0.3 is 0 Å². The molecule has 1 aromatic heterocycles. The summed E-state index contributed by atoms with van der Waals surface area (Å²) in [6.45, 7) is 2.20. The van der Waals surface area contributed by atoms with Gasteiger partial charge in [0.05, 0.1) is 5.02 Å². The summed E-state index contributed by atoms with van der Waals surface area (Å²) in [5.41, 5.74) is 2.61. The second kappa shape index (κ2) is 6.50. The lowest BCUT2D eigenvalue weighted by molar-refractivity contribution is 1.08. The molecule has 0 saturated heterocycles. The average molecular weight is 298 g/mol. The van der Waals surface area contributed by atoms with Crippen molar-refractivity contribution in [1.29, 1.82) is 0 Å². The van der Waals surface area contributed by atoms with Crippen molar-refractivity contribution in [2.75, 3.05) is 12.4 Å². The molecule has 96 valence electrons. The predicted octanol–water partition coefficient (Wildman–Crippen LogP) is 5.30. The Hall–Kier alpha value is -0.640. The normalized spacial score (nSPS) is 10.6. The lowest BCUT2D eigenvalue weighted by Crippen LogP contribution is -1.95. The molecule has 2 aromatic rings. The van der Waals surface area contributed by atoms with Crippen LogP contribution in [0, 0.1) is 0 Å². The third-order valence-corrected chi connectivity index (χ3v) is 5.42. The molecular weight excluding hydrogens is 282 g/mol. The lowest BCUT2D eigenvalue weighted by Gasteiger charge is -2.12. The van der Waals surface area contributed by atoms with Crippen molar-refractivity contribution < 1.29 is 0 Å². The summed E-state index contributed by atoms with van der Waals surface area (Å²) in [6, 6.07) is 8.48. The van der Waals surface area contributed by atoms with Crippen molar-refractivity contribution in [3.05, 3.63) is 45.1 Å². The standard InChI is InChI=1S/C14H16ClNS2/c1-3-10-5-4-6-13(16-2)14(10)18-9-12-7-11(15)8-17-12/h4-8,16H,3,9H2,1-2H3. The Morgan fingerprint density at radius 3 is 2.83 bits per heavy atom. The first kappa shape index (κ1) is 13.8. The first-order valence-electron chi connectivity index (χ1n) is 5.90. The smallest absolute Gasteiger partial charge is 0.0516 e. The van der Waals surface area contributed by atoms with E-state index in [0.717, 1.165) is 17.2 Å². The molecule has 0 aliphatic rings. The zero-order valence-electron chi connectivity index (χ0n) is 10.5. The van der Waals surface area contributed by atoms with Crippen molar-refractivity contribution in [3.63, 3.8) is 0 Å². The maximum atomic E-state index is 5.95. The highest BCUT2D eigenvalue weighted by molar-refractivity contribution is 7.98. The van der Waals surface area contributed by atoms with Crippen molar-refractivity contribution in [2.24, 2.45) is 0 Å². The van der Waals surface area contributed by atoms with Crippen LogP contribution in [0.1, 0.15) is 17.4 Å². The molecule has 4 heteroatoms. The Balaban J connectivity index is 2.17. The van der Waals surface area contributed by atoms with E-state index in [9.17, 15) is 0 Å². The zero-order valence-corrected chi connectivity index (χ0v) is 12.9. The lowest BCUT2D eigenvalue weighted by atomic mass is 10.1. The molecular formula is C14H16ClNS2. The van der Waals surface area contributed by atoms with Gasteiger partial charge in [-0.3, -0.25) is 0 Å². The minimum atomic E-state index is 0.841. The summed E-state index contributed by atoms with van der Waals surface area (Å²) in [7, 11) is 1.97. The molecule has 2 rings (SSSR count). The molecule has 1 nitrogen and oxygen atoms in total. The van der Waals surface area contributed by atoms with Crippen LogP contribution in [0.25, 0.3) is 0 Å². The van der Waals surface area contributed by atoms with Crippen LogP contribution in [0.4, 0.5) is 5.69 Å². The number of hydrogen-bond acceptors (Lipinski definition) is 3. The minimum Gasteiger partial charge on any atom is -0.387 e. The minimum absolute atomic E-state index is 0.841. The largest absolute Gasteiger partial charge is 0.387 e. The summed E-state index contributed by atoms with van der Waals surface area (Å²) in [6.07, 6.45) is 1.06. The van der Waals surface area contributed by atoms with E-state index in [-0.39, 0.29) is 0 Å². The second-order valence-corrected chi connectivity index (χ2v) is 6.34. The molecule has 0 atom stereocenters. The van der Waals surface area contributed by atoms with Crippen LogP contribution in [-0.2, 0) is 12.2 Å². The van der Waals surface area contributed by atoms with E-state index in [0.29, 0.717) is 0 Å². The third kappa shape index (κ3) is 3.22. The van der Waals surface area contributed by atoms with Crippen molar-refractivity contribution in [1.82, 2.24) is 0 Å². The highest BCUT2D eigenvalue weighted by atomic mass is 35.5. The van der Waals surface area contributed by atoms with Gasteiger partial charge in [0, 0.05) is 33.6 Å². The van der Waals surface area contributed by atoms with Gasteiger partial charge < -0.3 is 5.32 Å². The fourth-order valence-electron chi connectivity index (χ4n) is 1.80. The molecule has 0 radical (unpaired) electrons. The Bertz CT molecular complexity index is 500. The van der Waals surface area contributed by atoms with Crippen LogP contribution in [0.3, 0.4) is 0 Å². The quantitative estimate of drug-likeness (QED) is 0.752. The van der Waals surface area contributed by atoms with Crippen molar-refractivity contribution in [3.8, 4) is 0 Å². The molecule has 0 fully saturated rings. The third-order valence-electron chi connectivity index (χ3n) is 2.73. The number of aryl methyl sites for hydroxylation is 1. The van der Waals surface area contributed by atoms with Crippen LogP contribution in [0.2, 0.25) is 5.02 Å². The highest BCUT2D eigenvalue weighted by Gasteiger charge is 2.08.